The summed E-state index contributed by atoms with van der Waals surface area (Å²) in [5, 5.41) is 0. The number of amides is 2. The maximum atomic E-state index is 11.7. The smallest absolute Gasteiger partial charge is 0.243 e. The molecular weight excluding hydrogens is 322 g/mol. The third-order valence-electron chi connectivity index (χ3n) is 3.90. The lowest BCUT2D eigenvalue weighted by molar-refractivity contribution is -0.156. The van der Waals surface area contributed by atoms with Crippen LogP contribution in [0.25, 0.3) is 0 Å². The number of nitrogens with two attached hydrogens (primary N) is 1. The van der Waals surface area contributed by atoms with E-state index in [1.807, 2.05) is 18.2 Å². The fourth-order valence-electron chi connectivity index (χ4n) is 2.74. The molecule has 0 aliphatic carbocycles. The Morgan fingerprint density at radius 3 is 2.75 bits per heavy atom. The van der Waals surface area contributed by atoms with Gasteiger partial charge in [0.25, 0.3) is 0 Å². The first-order chi connectivity index (χ1) is 9.45. The summed E-state index contributed by atoms with van der Waals surface area (Å²) in [6.07, 6.45) is 2.79. The molecule has 2 amide bonds. The zero-order valence-corrected chi connectivity index (χ0v) is 13.0. The summed E-state index contributed by atoms with van der Waals surface area (Å²) in [5.74, 6) is -0.489. The van der Waals surface area contributed by atoms with Gasteiger partial charge in [-0.15, -0.1) is 0 Å². The van der Waals surface area contributed by atoms with E-state index in [-0.39, 0.29) is 5.91 Å². The van der Waals surface area contributed by atoms with Gasteiger partial charge in [0.15, 0.2) is 0 Å². The monoisotopic (exact) mass is 339 g/mol. The summed E-state index contributed by atoms with van der Waals surface area (Å²) < 4.78 is 0.800. The highest BCUT2D eigenvalue weighted by Crippen LogP contribution is 2.35. The SMILES string of the molecule is CC(=O)N1CCC1(CCCc1cccc(Br)n1)C(N)=O. The maximum Gasteiger partial charge on any atom is 0.243 e. The molecule has 1 fully saturated rings. The zero-order chi connectivity index (χ0) is 14.8. The lowest BCUT2D eigenvalue weighted by atomic mass is 9.79. The quantitative estimate of drug-likeness (QED) is 0.828. The summed E-state index contributed by atoms with van der Waals surface area (Å²) >= 11 is 3.33. The summed E-state index contributed by atoms with van der Waals surface area (Å²) in [6, 6.07) is 5.75. The van der Waals surface area contributed by atoms with Gasteiger partial charge in [-0.05, 0) is 53.7 Å². The van der Waals surface area contributed by atoms with Crippen LogP contribution in [0.3, 0.4) is 0 Å². The van der Waals surface area contributed by atoms with Crippen molar-refractivity contribution < 1.29 is 9.59 Å². The fraction of sp³-hybridized carbons (Fsp3) is 0.500. The van der Waals surface area contributed by atoms with Gasteiger partial charge in [-0.1, -0.05) is 6.07 Å². The van der Waals surface area contributed by atoms with Gasteiger partial charge in [0.05, 0.1) is 0 Å². The number of rotatable bonds is 5. The minimum Gasteiger partial charge on any atom is -0.368 e. The standard InChI is InChI=1S/C14H18BrN3O2/c1-10(19)18-9-8-14(18,13(16)20)7-3-5-11-4-2-6-12(15)17-11/h2,4,6H,3,5,7-9H2,1H3,(H2,16,20). The third kappa shape index (κ3) is 2.85. The Balaban J connectivity index is 1.97. The number of likely N-dealkylation sites (tertiary alicyclic amines) is 1. The van der Waals surface area contributed by atoms with Crippen LogP contribution in [0.4, 0.5) is 0 Å². The zero-order valence-electron chi connectivity index (χ0n) is 11.4. The van der Waals surface area contributed by atoms with Gasteiger partial charge in [-0.2, -0.15) is 0 Å². The molecule has 5 nitrogen and oxygen atoms in total. The van der Waals surface area contributed by atoms with E-state index in [1.54, 1.807) is 4.90 Å². The molecule has 0 radical (unpaired) electrons. The van der Waals surface area contributed by atoms with Crippen molar-refractivity contribution in [3.05, 3.63) is 28.5 Å². The van der Waals surface area contributed by atoms with Crippen LogP contribution in [0.2, 0.25) is 0 Å². The molecule has 1 atom stereocenters. The average Bonchev–Trinajstić information content (AvgIpc) is 2.32. The van der Waals surface area contributed by atoms with Gasteiger partial charge >= 0.3 is 0 Å². The second kappa shape index (κ2) is 5.91. The average molecular weight is 340 g/mol. The molecule has 6 heteroatoms. The van der Waals surface area contributed by atoms with Crippen LogP contribution < -0.4 is 5.73 Å². The number of hydrogen-bond donors (Lipinski definition) is 1. The van der Waals surface area contributed by atoms with Crippen molar-refractivity contribution in [2.45, 2.75) is 38.1 Å². The molecule has 1 aliphatic heterocycles. The van der Waals surface area contributed by atoms with Crippen molar-refractivity contribution >= 4 is 27.7 Å². The summed E-state index contributed by atoms with van der Waals surface area (Å²) in [6.45, 7) is 2.10. The number of hydrogen-bond acceptors (Lipinski definition) is 3. The van der Waals surface area contributed by atoms with Gasteiger partial charge in [-0.3, -0.25) is 9.59 Å². The topological polar surface area (TPSA) is 76.3 Å². The number of halogens is 1. The van der Waals surface area contributed by atoms with Crippen molar-refractivity contribution in [3.63, 3.8) is 0 Å². The fourth-order valence-corrected chi connectivity index (χ4v) is 3.12. The molecule has 0 saturated carbocycles. The highest BCUT2D eigenvalue weighted by atomic mass is 79.9. The highest BCUT2D eigenvalue weighted by Gasteiger charge is 2.50. The van der Waals surface area contributed by atoms with Crippen molar-refractivity contribution in [2.75, 3.05) is 6.54 Å². The second-order valence-corrected chi connectivity index (χ2v) is 5.93. The first-order valence-electron chi connectivity index (χ1n) is 6.65. The van der Waals surface area contributed by atoms with Crippen molar-refractivity contribution in [1.29, 1.82) is 0 Å². The largest absolute Gasteiger partial charge is 0.368 e. The Morgan fingerprint density at radius 2 is 2.25 bits per heavy atom. The molecule has 1 aliphatic rings. The van der Waals surface area contributed by atoms with Crippen LogP contribution in [-0.2, 0) is 16.0 Å². The molecule has 2 N–H and O–H groups in total. The molecule has 1 aromatic rings. The minimum atomic E-state index is -0.780. The predicted molar refractivity (Wildman–Crippen MR) is 78.8 cm³/mol. The number of primary amides is 1. The van der Waals surface area contributed by atoms with Crippen molar-refractivity contribution in [3.8, 4) is 0 Å². The molecule has 0 spiro atoms. The first kappa shape index (κ1) is 15.0. The predicted octanol–water partition coefficient (Wildman–Crippen LogP) is 1.64. The Morgan fingerprint density at radius 1 is 1.50 bits per heavy atom. The van der Waals surface area contributed by atoms with Crippen LogP contribution in [0.15, 0.2) is 22.8 Å². The van der Waals surface area contributed by atoms with E-state index in [0.717, 1.165) is 23.1 Å². The number of carbonyl (C=O) groups is 2. The van der Waals surface area contributed by atoms with Gasteiger partial charge in [0, 0.05) is 19.2 Å². The lowest BCUT2D eigenvalue weighted by Gasteiger charge is -2.50. The van der Waals surface area contributed by atoms with E-state index >= 15 is 0 Å². The molecule has 20 heavy (non-hydrogen) atoms. The third-order valence-corrected chi connectivity index (χ3v) is 4.34. The van der Waals surface area contributed by atoms with E-state index < -0.39 is 11.4 Å². The molecular formula is C14H18BrN3O2. The van der Waals surface area contributed by atoms with Crippen LogP contribution in [0.5, 0.6) is 0 Å². The second-order valence-electron chi connectivity index (χ2n) is 5.12. The van der Waals surface area contributed by atoms with Crippen molar-refractivity contribution in [2.24, 2.45) is 5.73 Å². The molecule has 1 unspecified atom stereocenters. The molecule has 0 bridgehead atoms. The Hall–Kier alpha value is -1.43. The lowest BCUT2D eigenvalue weighted by Crippen LogP contribution is -2.67. The van der Waals surface area contributed by atoms with Gasteiger partial charge in [0.1, 0.15) is 10.1 Å². The van der Waals surface area contributed by atoms with Crippen LogP contribution >= 0.6 is 15.9 Å². The van der Waals surface area contributed by atoms with E-state index in [9.17, 15) is 9.59 Å². The molecule has 2 rings (SSSR count). The van der Waals surface area contributed by atoms with Gasteiger partial charge < -0.3 is 10.6 Å². The number of nitrogens with zero attached hydrogens (tertiary/aromatic N) is 2. The van der Waals surface area contributed by atoms with Gasteiger partial charge in [-0.25, -0.2) is 4.98 Å². The highest BCUT2D eigenvalue weighted by molar-refractivity contribution is 9.10. The van der Waals surface area contributed by atoms with Crippen LogP contribution in [-0.4, -0.2) is 33.8 Å². The number of aromatic nitrogens is 1. The van der Waals surface area contributed by atoms with Gasteiger partial charge in [0.2, 0.25) is 11.8 Å². The molecule has 1 saturated heterocycles. The maximum absolute atomic E-state index is 11.7. The first-order valence-corrected chi connectivity index (χ1v) is 7.44. The molecule has 2 heterocycles. The molecule has 108 valence electrons. The normalized spacial score (nSPS) is 21.4. The van der Waals surface area contributed by atoms with Crippen molar-refractivity contribution in [1.82, 2.24) is 9.88 Å². The summed E-state index contributed by atoms with van der Waals surface area (Å²) in [5.41, 5.74) is 5.69. The number of carbonyl (C=O) groups excluding carboxylic acids is 2. The number of pyridine rings is 1. The number of aryl methyl sites for hydroxylation is 1. The van der Waals surface area contributed by atoms with E-state index in [4.69, 9.17) is 5.73 Å². The Labute approximate surface area is 126 Å². The van der Waals surface area contributed by atoms with E-state index in [0.29, 0.717) is 19.4 Å². The summed E-state index contributed by atoms with van der Waals surface area (Å²) in [4.78, 5) is 29.2. The van der Waals surface area contributed by atoms with Crippen LogP contribution in [0, 0.1) is 0 Å². The van der Waals surface area contributed by atoms with E-state index in [2.05, 4.69) is 20.9 Å². The molecule has 1 aromatic heterocycles. The molecule has 0 aromatic carbocycles. The minimum absolute atomic E-state index is 0.0874. The Kier molecular flexibility index (Phi) is 4.42. The van der Waals surface area contributed by atoms with Crippen LogP contribution in [0.1, 0.15) is 31.9 Å². The van der Waals surface area contributed by atoms with E-state index in [1.165, 1.54) is 6.92 Å². The Bertz CT molecular complexity index is 535. The summed E-state index contributed by atoms with van der Waals surface area (Å²) in [7, 11) is 0.